The molecule has 1 aliphatic heterocycles. The van der Waals surface area contributed by atoms with E-state index in [1.165, 1.54) is 16.9 Å². The summed E-state index contributed by atoms with van der Waals surface area (Å²) < 4.78 is 0. The summed E-state index contributed by atoms with van der Waals surface area (Å²) in [6.07, 6.45) is 1.12. The summed E-state index contributed by atoms with van der Waals surface area (Å²) in [4.78, 5) is 0. The molecule has 0 aliphatic carbocycles. The van der Waals surface area contributed by atoms with E-state index in [0.29, 0.717) is 11.3 Å². The van der Waals surface area contributed by atoms with Crippen LogP contribution in [-0.2, 0) is 6.42 Å². The maximum absolute atomic E-state index is 3.53. The minimum atomic E-state index is 0.471. The molecule has 1 heterocycles. The summed E-state index contributed by atoms with van der Waals surface area (Å²) in [6.45, 7) is 6.92. The van der Waals surface area contributed by atoms with Gasteiger partial charge in [0.1, 0.15) is 0 Å². The second-order valence-corrected chi connectivity index (χ2v) is 8.31. The van der Waals surface area contributed by atoms with E-state index < -0.39 is 0 Å². The molecular weight excluding hydrogens is 270 g/mol. The minimum Gasteiger partial charge on any atom is -0.312 e. The van der Waals surface area contributed by atoms with Crippen molar-refractivity contribution in [2.75, 3.05) is 12.8 Å². The van der Waals surface area contributed by atoms with Gasteiger partial charge in [-0.1, -0.05) is 45.0 Å². The summed E-state index contributed by atoms with van der Waals surface area (Å²) in [6, 6.07) is 9.61. The summed E-state index contributed by atoms with van der Waals surface area (Å²) >= 11 is 4.27. The van der Waals surface area contributed by atoms with Crippen LogP contribution in [0.25, 0.3) is 0 Å². The average molecular weight is 296 g/mol. The number of nitrogens with one attached hydrogen (secondary N) is 1. The predicted molar refractivity (Wildman–Crippen MR) is 90.4 cm³/mol. The number of aryl methyl sites for hydroxylation is 1. The van der Waals surface area contributed by atoms with Gasteiger partial charge in [-0.2, -0.15) is 23.5 Å². The van der Waals surface area contributed by atoms with Gasteiger partial charge in [-0.25, -0.2) is 0 Å². The van der Waals surface area contributed by atoms with E-state index in [1.807, 2.05) is 0 Å². The van der Waals surface area contributed by atoms with Crippen LogP contribution >= 0.6 is 23.5 Å². The number of hydrogen-bond acceptors (Lipinski definition) is 3. The van der Waals surface area contributed by atoms with Crippen molar-refractivity contribution in [3.05, 3.63) is 35.4 Å². The van der Waals surface area contributed by atoms with Crippen LogP contribution in [0.15, 0.2) is 24.3 Å². The van der Waals surface area contributed by atoms with Gasteiger partial charge in [0.05, 0.1) is 0 Å². The Hall–Kier alpha value is -0.120. The van der Waals surface area contributed by atoms with Crippen molar-refractivity contribution in [2.24, 2.45) is 0 Å². The maximum atomic E-state index is 3.53. The van der Waals surface area contributed by atoms with Gasteiger partial charge in [-0.3, -0.25) is 0 Å². The molecule has 1 fully saturated rings. The van der Waals surface area contributed by atoms with Crippen molar-refractivity contribution in [2.45, 2.75) is 49.0 Å². The van der Waals surface area contributed by atoms with E-state index in [2.05, 4.69) is 80.9 Å². The van der Waals surface area contributed by atoms with Crippen molar-refractivity contribution in [3.63, 3.8) is 0 Å². The molecule has 0 spiro atoms. The van der Waals surface area contributed by atoms with E-state index >= 15 is 0 Å². The Kier molecular flexibility index (Phi) is 5.67. The van der Waals surface area contributed by atoms with Crippen LogP contribution in [0, 0.1) is 0 Å². The summed E-state index contributed by atoms with van der Waals surface area (Å²) in [5, 5.41) is 5.73. The molecule has 106 valence electrons. The van der Waals surface area contributed by atoms with Crippen LogP contribution in [0.1, 0.15) is 37.9 Å². The zero-order valence-corrected chi connectivity index (χ0v) is 14.0. The van der Waals surface area contributed by atoms with Crippen LogP contribution in [0.2, 0.25) is 0 Å². The van der Waals surface area contributed by atoms with Gasteiger partial charge in [0.2, 0.25) is 0 Å². The van der Waals surface area contributed by atoms with E-state index in [1.54, 1.807) is 0 Å². The normalized spacial score (nSPS) is 29.2. The van der Waals surface area contributed by atoms with Crippen molar-refractivity contribution >= 4 is 23.5 Å². The predicted octanol–water partition coefficient (Wildman–Crippen LogP) is 4.14. The van der Waals surface area contributed by atoms with E-state index in [4.69, 9.17) is 0 Å². The molecule has 1 aliphatic rings. The molecule has 1 saturated heterocycles. The van der Waals surface area contributed by atoms with Crippen molar-refractivity contribution in [1.82, 2.24) is 5.32 Å². The summed E-state index contributed by atoms with van der Waals surface area (Å²) in [5.74, 6) is 1.25. The maximum Gasteiger partial charge on any atom is 0.0446 e. The fraction of sp³-hybridized carbons (Fsp3) is 0.625. The van der Waals surface area contributed by atoms with Crippen molar-refractivity contribution in [3.8, 4) is 0 Å². The molecule has 3 heteroatoms. The van der Waals surface area contributed by atoms with Crippen LogP contribution in [-0.4, -0.2) is 28.6 Å². The van der Waals surface area contributed by atoms with Gasteiger partial charge in [-0.15, -0.1) is 0 Å². The largest absolute Gasteiger partial charge is 0.312 e. The lowest BCUT2D eigenvalue weighted by molar-refractivity contribution is 0.588. The summed E-state index contributed by atoms with van der Waals surface area (Å²) in [5.41, 5.74) is 2.85. The lowest BCUT2D eigenvalue weighted by atomic mass is 10.0. The first-order chi connectivity index (χ1) is 9.15. The minimum absolute atomic E-state index is 0.471. The highest BCUT2D eigenvalue weighted by molar-refractivity contribution is 8.07. The molecule has 1 N–H and O–H groups in total. The Morgan fingerprint density at radius 2 is 1.89 bits per heavy atom. The van der Waals surface area contributed by atoms with Crippen LogP contribution in [0.4, 0.5) is 0 Å². The molecule has 19 heavy (non-hydrogen) atoms. The van der Waals surface area contributed by atoms with Crippen LogP contribution in [0.5, 0.6) is 0 Å². The van der Waals surface area contributed by atoms with E-state index in [-0.39, 0.29) is 0 Å². The zero-order valence-electron chi connectivity index (χ0n) is 12.3. The number of hydrogen-bond donors (Lipinski definition) is 1. The fourth-order valence-electron chi connectivity index (χ4n) is 2.51. The van der Waals surface area contributed by atoms with Crippen molar-refractivity contribution in [1.29, 1.82) is 0 Å². The first-order valence-electron chi connectivity index (χ1n) is 7.18. The van der Waals surface area contributed by atoms with E-state index in [0.717, 1.165) is 16.9 Å². The average Bonchev–Trinajstić information content (AvgIpc) is 2.44. The number of thioether (sulfide) groups is 2. The molecule has 2 rings (SSSR count). The zero-order chi connectivity index (χ0) is 13.8. The van der Waals surface area contributed by atoms with Gasteiger partial charge < -0.3 is 5.32 Å². The first kappa shape index (κ1) is 15.3. The second kappa shape index (κ2) is 7.05. The Morgan fingerprint density at radius 3 is 2.42 bits per heavy atom. The van der Waals surface area contributed by atoms with Gasteiger partial charge >= 0.3 is 0 Å². The molecular formula is C16H25NS2. The van der Waals surface area contributed by atoms with Crippen LogP contribution in [0.3, 0.4) is 0 Å². The first-order valence-corrected chi connectivity index (χ1v) is 9.18. The number of benzene rings is 1. The Morgan fingerprint density at radius 1 is 1.21 bits per heavy atom. The molecule has 0 bridgehead atoms. The third-order valence-electron chi connectivity index (χ3n) is 4.00. The van der Waals surface area contributed by atoms with Gasteiger partial charge in [0.25, 0.3) is 0 Å². The second-order valence-electron chi connectivity index (χ2n) is 5.28. The SMILES string of the molecule is CCc1ccc(C(NC)C2CSC(C)C(C)S2)cc1. The highest BCUT2D eigenvalue weighted by atomic mass is 32.2. The topological polar surface area (TPSA) is 12.0 Å². The molecule has 1 aromatic rings. The van der Waals surface area contributed by atoms with Crippen molar-refractivity contribution < 1.29 is 0 Å². The molecule has 4 atom stereocenters. The quantitative estimate of drug-likeness (QED) is 0.897. The smallest absolute Gasteiger partial charge is 0.0446 e. The lowest BCUT2D eigenvalue weighted by Gasteiger charge is -2.36. The van der Waals surface area contributed by atoms with E-state index in [9.17, 15) is 0 Å². The molecule has 0 radical (unpaired) electrons. The highest BCUT2D eigenvalue weighted by Gasteiger charge is 2.31. The molecule has 0 amide bonds. The lowest BCUT2D eigenvalue weighted by Crippen LogP contribution is -2.35. The summed E-state index contributed by atoms with van der Waals surface area (Å²) in [7, 11) is 2.09. The fourth-order valence-corrected chi connectivity index (χ4v) is 5.67. The molecule has 0 saturated carbocycles. The number of rotatable bonds is 4. The van der Waals surface area contributed by atoms with Crippen LogP contribution < -0.4 is 5.32 Å². The van der Waals surface area contributed by atoms with Gasteiger partial charge in [0, 0.05) is 27.5 Å². The third kappa shape index (κ3) is 3.71. The third-order valence-corrected chi connectivity index (χ3v) is 7.50. The molecule has 1 nitrogen and oxygen atoms in total. The molecule has 1 aromatic carbocycles. The highest BCUT2D eigenvalue weighted by Crippen LogP contribution is 2.40. The Balaban J connectivity index is 2.10. The molecule has 0 aromatic heterocycles. The molecule has 4 unspecified atom stereocenters. The monoisotopic (exact) mass is 295 g/mol. The Bertz CT molecular complexity index is 390. The van der Waals surface area contributed by atoms with Gasteiger partial charge in [-0.05, 0) is 24.6 Å². The Labute approximate surface area is 126 Å². The standard InChI is InChI=1S/C16H25NS2/c1-5-13-6-8-14(9-7-13)16(17-4)15-10-18-11(2)12(3)19-15/h6-9,11-12,15-17H,5,10H2,1-4H3. The van der Waals surface area contributed by atoms with Gasteiger partial charge in [0.15, 0.2) is 0 Å².